The van der Waals surface area contributed by atoms with Crippen LogP contribution in [0.4, 0.5) is 5.00 Å². The lowest BCUT2D eigenvalue weighted by atomic mass is 9.69. The number of amides is 1. The van der Waals surface area contributed by atoms with Gasteiger partial charge in [-0.1, -0.05) is 18.5 Å². The van der Waals surface area contributed by atoms with Crippen molar-refractivity contribution in [2.24, 2.45) is 0 Å². The highest BCUT2D eigenvalue weighted by Crippen LogP contribution is 2.50. The van der Waals surface area contributed by atoms with Gasteiger partial charge in [0.2, 0.25) is 5.88 Å². The third kappa shape index (κ3) is 5.64. The zero-order chi connectivity index (χ0) is 33.6. The van der Waals surface area contributed by atoms with Crippen LogP contribution < -0.4 is 10.5 Å². The standard InChI is InChI=1S/C35H43N9O3S/c1-5-10-22-30(41-47-31(22)35(3)14-8-12-26-29(35)23(20-36)32(37)48-26)33-38-27(19-28(39-33)46-21(2)25-11-9-15-42(25)4)44-18-13-24(40-44)34(45)43-16-6-7-17-43/h13,18-19,21,25H,5-12,14-17,37H2,1-4H3/t21-,25-,35-/m0/s1. The van der Waals surface area contributed by atoms with Gasteiger partial charge in [0, 0.05) is 41.8 Å². The van der Waals surface area contributed by atoms with Gasteiger partial charge in [0.25, 0.3) is 5.91 Å². The Morgan fingerprint density at radius 2 is 2.06 bits per heavy atom. The second-order valence-electron chi connectivity index (χ2n) is 13.6. The molecule has 1 amide bonds. The van der Waals surface area contributed by atoms with Crippen molar-refractivity contribution in [1.82, 2.24) is 34.7 Å². The number of thiophene rings is 1. The van der Waals surface area contributed by atoms with Gasteiger partial charge in [-0.3, -0.25) is 9.69 Å². The van der Waals surface area contributed by atoms with Gasteiger partial charge in [-0.2, -0.15) is 15.3 Å². The van der Waals surface area contributed by atoms with E-state index in [1.807, 2.05) is 4.90 Å². The van der Waals surface area contributed by atoms with Crippen LogP contribution in [0.5, 0.6) is 5.88 Å². The minimum atomic E-state index is -0.576. The molecule has 1 aliphatic carbocycles. The van der Waals surface area contributed by atoms with Crippen LogP contribution in [0.2, 0.25) is 0 Å². The predicted molar refractivity (Wildman–Crippen MR) is 182 cm³/mol. The van der Waals surface area contributed by atoms with Crippen molar-refractivity contribution < 1.29 is 14.1 Å². The second-order valence-corrected chi connectivity index (χ2v) is 14.7. The first-order valence-electron chi connectivity index (χ1n) is 17.1. The highest BCUT2D eigenvalue weighted by Gasteiger charge is 2.44. The number of likely N-dealkylation sites (N-methyl/N-ethyl adjacent to an activating group) is 1. The summed E-state index contributed by atoms with van der Waals surface area (Å²) in [7, 11) is 2.13. The maximum absolute atomic E-state index is 13.1. The predicted octanol–water partition coefficient (Wildman–Crippen LogP) is 5.52. The lowest BCUT2D eigenvalue weighted by Gasteiger charge is -2.33. The van der Waals surface area contributed by atoms with E-state index in [0.717, 1.165) is 92.8 Å². The number of anilines is 1. The smallest absolute Gasteiger partial charge is 0.274 e. The number of nitrogens with zero attached hydrogens (tertiary/aromatic N) is 8. The van der Waals surface area contributed by atoms with E-state index in [9.17, 15) is 10.1 Å². The molecule has 3 atom stereocenters. The number of likely N-dealkylation sites (tertiary alicyclic amines) is 2. The summed E-state index contributed by atoms with van der Waals surface area (Å²) < 4.78 is 14.4. The van der Waals surface area contributed by atoms with E-state index in [1.165, 1.54) is 11.3 Å². The Labute approximate surface area is 284 Å². The fourth-order valence-corrected chi connectivity index (χ4v) is 9.06. The van der Waals surface area contributed by atoms with Crippen LogP contribution >= 0.6 is 11.3 Å². The molecule has 0 aromatic carbocycles. The highest BCUT2D eigenvalue weighted by molar-refractivity contribution is 7.16. The average Bonchev–Trinajstić information content (AvgIpc) is 3.91. The number of nitrogens with two attached hydrogens (primary N) is 1. The monoisotopic (exact) mass is 669 g/mol. The highest BCUT2D eigenvalue weighted by atomic mass is 32.1. The van der Waals surface area contributed by atoms with Crippen LogP contribution in [-0.2, 0) is 18.3 Å². The van der Waals surface area contributed by atoms with Gasteiger partial charge in [-0.05, 0) is 90.4 Å². The molecule has 4 aromatic heterocycles. The summed E-state index contributed by atoms with van der Waals surface area (Å²) in [6.07, 6.45) is 10.0. The number of ether oxygens (including phenoxy) is 1. The normalized spacial score (nSPS) is 21.7. The molecule has 0 radical (unpaired) electrons. The summed E-state index contributed by atoms with van der Waals surface area (Å²) in [6, 6.07) is 6.14. The zero-order valence-corrected chi connectivity index (χ0v) is 29.0. The van der Waals surface area contributed by atoms with Crippen LogP contribution in [0.1, 0.15) is 104 Å². The van der Waals surface area contributed by atoms with Gasteiger partial charge in [0.15, 0.2) is 28.8 Å². The fraction of sp³-hybridized carbons (Fsp3) is 0.543. The first-order chi connectivity index (χ1) is 23.2. The molecule has 48 heavy (non-hydrogen) atoms. The Balaban J connectivity index is 1.32. The van der Waals surface area contributed by atoms with Crippen molar-refractivity contribution in [1.29, 1.82) is 5.26 Å². The van der Waals surface area contributed by atoms with Gasteiger partial charge in [-0.15, -0.1) is 11.3 Å². The number of rotatable bonds is 9. The Morgan fingerprint density at radius 3 is 2.79 bits per heavy atom. The maximum Gasteiger partial charge on any atom is 0.274 e. The number of carbonyl (C=O) groups excluding carboxylic acids is 1. The quantitative estimate of drug-likeness (QED) is 0.241. The molecule has 7 rings (SSSR count). The van der Waals surface area contributed by atoms with Crippen LogP contribution in [0, 0.1) is 11.3 Å². The molecule has 3 aliphatic rings. The summed E-state index contributed by atoms with van der Waals surface area (Å²) in [5, 5.41) is 19.9. The van der Waals surface area contributed by atoms with Crippen molar-refractivity contribution in [3.63, 3.8) is 0 Å². The van der Waals surface area contributed by atoms with E-state index >= 15 is 0 Å². The molecule has 12 nitrogen and oxygen atoms in total. The molecule has 2 saturated heterocycles. The number of nitriles is 1. The largest absolute Gasteiger partial charge is 0.473 e. The first-order valence-corrected chi connectivity index (χ1v) is 18.0. The second kappa shape index (κ2) is 13.0. The molecular formula is C35H43N9O3S. The van der Waals surface area contributed by atoms with Crippen molar-refractivity contribution >= 4 is 22.2 Å². The summed E-state index contributed by atoms with van der Waals surface area (Å²) in [6.45, 7) is 8.86. The summed E-state index contributed by atoms with van der Waals surface area (Å²) in [4.78, 5) is 28.3. The number of aryl methyl sites for hydroxylation is 1. The third-order valence-corrected chi connectivity index (χ3v) is 11.4. The van der Waals surface area contributed by atoms with E-state index in [0.29, 0.717) is 45.9 Å². The molecule has 2 fully saturated rings. The number of aromatic nitrogens is 5. The molecule has 13 heteroatoms. The Bertz CT molecular complexity index is 1870. The molecular weight excluding hydrogens is 627 g/mol. The Hall–Kier alpha value is -4.28. The van der Waals surface area contributed by atoms with Gasteiger partial charge >= 0.3 is 0 Å². The number of hydrogen-bond donors (Lipinski definition) is 1. The Morgan fingerprint density at radius 1 is 1.25 bits per heavy atom. The van der Waals surface area contributed by atoms with Crippen molar-refractivity contribution in [3.05, 3.63) is 51.4 Å². The van der Waals surface area contributed by atoms with E-state index in [1.54, 1.807) is 23.0 Å². The number of carbonyl (C=O) groups is 1. The lowest BCUT2D eigenvalue weighted by molar-refractivity contribution is 0.0786. The van der Waals surface area contributed by atoms with Crippen LogP contribution in [0.15, 0.2) is 22.9 Å². The molecule has 0 spiro atoms. The molecule has 0 bridgehead atoms. The average molecular weight is 670 g/mol. The van der Waals surface area contributed by atoms with Crippen LogP contribution in [0.25, 0.3) is 17.3 Å². The summed E-state index contributed by atoms with van der Waals surface area (Å²) in [5.74, 6) is 1.89. The zero-order valence-electron chi connectivity index (χ0n) is 28.2. The lowest BCUT2D eigenvalue weighted by Crippen LogP contribution is -2.38. The van der Waals surface area contributed by atoms with E-state index < -0.39 is 5.41 Å². The van der Waals surface area contributed by atoms with Crippen molar-refractivity contribution in [2.45, 2.75) is 96.1 Å². The van der Waals surface area contributed by atoms with E-state index in [4.69, 9.17) is 25.0 Å². The number of fused-ring (bicyclic) bond motifs is 1. The molecule has 4 aromatic rings. The van der Waals surface area contributed by atoms with Crippen molar-refractivity contribution in [2.75, 3.05) is 32.4 Å². The van der Waals surface area contributed by atoms with E-state index in [2.05, 4.69) is 49.0 Å². The molecule has 2 aliphatic heterocycles. The molecule has 252 valence electrons. The number of hydrogen-bond acceptors (Lipinski definition) is 11. The van der Waals surface area contributed by atoms with Crippen LogP contribution in [0.3, 0.4) is 0 Å². The van der Waals surface area contributed by atoms with Gasteiger partial charge < -0.3 is 19.9 Å². The third-order valence-electron chi connectivity index (χ3n) is 10.3. The molecule has 0 unspecified atom stereocenters. The van der Waals surface area contributed by atoms with Crippen molar-refractivity contribution in [3.8, 4) is 29.3 Å². The fourth-order valence-electron chi connectivity index (χ4n) is 7.87. The molecule has 2 N–H and O–H groups in total. The van der Waals surface area contributed by atoms with Crippen LogP contribution in [-0.4, -0.2) is 79.4 Å². The topological polar surface area (TPSA) is 152 Å². The first kappa shape index (κ1) is 32.3. The minimum absolute atomic E-state index is 0.0767. The summed E-state index contributed by atoms with van der Waals surface area (Å²) in [5.41, 5.74) is 9.09. The van der Waals surface area contributed by atoms with Gasteiger partial charge in [-0.25, -0.2) is 9.67 Å². The van der Waals surface area contributed by atoms with Gasteiger partial charge in [0.1, 0.15) is 17.2 Å². The summed E-state index contributed by atoms with van der Waals surface area (Å²) >= 11 is 1.50. The molecule has 6 heterocycles. The maximum atomic E-state index is 13.1. The van der Waals surface area contributed by atoms with Gasteiger partial charge in [0.05, 0.1) is 11.0 Å². The van der Waals surface area contributed by atoms with E-state index in [-0.39, 0.29) is 18.1 Å². The minimum Gasteiger partial charge on any atom is -0.473 e. The SMILES string of the molecule is CCCc1c(-c2nc(O[C@@H](C)[C@@H]3CCCN3C)cc(-n3ccc(C(=O)N4CCCC4)n3)n2)noc1[C@@]1(C)CCCc2sc(N)c(C#N)c21. The molecule has 0 saturated carbocycles. The Kier molecular flexibility index (Phi) is 8.72. The number of nitrogen functional groups attached to an aromatic ring is 1.